The SMILES string of the molecule is CCOC(=O)C(CC)NC(C)(C)CCc1ccccc1. The molecule has 1 aromatic rings. The van der Waals surface area contributed by atoms with E-state index in [0.29, 0.717) is 6.61 Å². The monoisotopic (exact) mass is 277 g/mol. The average molecular weight is 277 g/mol. The molecule has 1 rings (SSSR count). The summed E-state index contributed by atoms with van der Waals surface area (Å²) in [6.45, 7) is 8.55. The molecule has 1 N–H and O–H groups in total. The molecular weight excluding hydrogens is 250 g/mol. The summed E-state index contributed by atoms with van der Waals surface area (Å²) in [5.41, 5.74) is 1.23. The van der Waals surface area contributed by atoms with E-state index in [-0.39, 0.29) is 17.6 Å². The molecule has 0 aliphatic heterocycles. The van der Waals surface area contributed by atoms with Crippen LogP contribution in [0.3, 0.4) is 0 Å². The van der Waals surface area contributed by atoms with E-state index in [0.717, 1.165) is 19.3 Å². The second-order valence-electron chi connectivity index (χ2n) is 5.73. The van der Waals surface area contributed by atoms with Crippen molar-refractivity contribution >= 4 is 5.97 Å². The lowest BCUT2D eigenvalue weighted by Crippen LogP contribution is -2.50. The van der Waals surface area contributed by atoms with Crippen LogP contribution in [-0.4, -0.2) is 24.2 Å². The van der Waals surface area contributed by atoms with Gasteiger partial charge in [-0.05, 0) is 45.6 Å². The largest absolute Gasteiger partial charge is 0.465 e. The minimum absolute atomic E-state index is 0.0940. The number of esters is 1. The Morgan fingerprint density at radius 2 is 1.90 bits per heavy atom. The second kappa shape index (κ2) is 8.05. The van der Waals surface area contributed by atoms with Crippen molar-refractivity contribution in [3.63, 3.8) is 0 Å². The van der Waals surface area contributed by atoms with Crippen molar-refractivity contribution in [2.24, 2.45) is 0 Å². The molecule has 0 bridgehead atoms. The molecule has 1 unspecified atom stereocenters. The topological polar surface area (TPSA) is 38.3 Å². The van der Waals surface area contributed by atoms with Gasteiger partial charge in [0.05, 0.1) is 6.61 Å². The fourth-order valence-electron chi connectivity index (χ4n) is 2.22. The fourth-order valence-corrected chi connectivity index (χ4v) is 2.22. The zero-order chi connectivity index (χ0) is 15.0. The molecule has 3 nitrogen and oxygen atoms in total. The number of hydrogen-bond donors (Lipinski definition) is 1. The first-order chi connectivity index (χ1) is 9.48. The quantitative estimate of drug-likeness (QED) is 0.741. The maximum atomic E-state index is 11.8. The van der Waals surface area contributed by atoms with Crippen molar-refractivity contribution < 1.29 is 9.53 Å². The number of nitrogens with one attached hydrogen (secondary N) is 1. The Balaban J connectivity index is 2.52. The minimum Gasteiger partial charge on any atom is -0.465 e. The maximum Gasteiger partial charge on any atom is 0.323 e. The van der Waals surface area contributed by atoms with Gasteiger partial charge in [-0.3, -0.25) is 10.1 Å². The molecule has 3 heteroatoms. The molecule has 0 saturated carbocycles. The number of carbonyl (C=O) groups is 1. The summed E-state index contributed by atoms with van der Waals surface area (Å²) in [5, 5.41) is 3.42. The Morgan fingerprint density at radius 1 is 1.25 bits per heavy atom. The van der Waals surface area contributed by atoms with Crippen molar-refractivity contribution in [2.75, 3.05) is 6.61 Å². The van der Waals surface area contributed by atoms with Gasteiger partial charge in [-0.1, -0.05) is 37.3 Å². The zero-order valence-electron chi connectivity index (χ0n) is 13.1. The Labute approximate surface area is 122 Å². The highest BCUT2D eigenvalue weighted by molar-refractivity contribution is 5.75. The normalized spacial score (nSPS) is 13.0. The predicted molar refractivity (Wildman–Crippen MR) is 82.7 cm³/mol. The lowest BCUT2D eigenvalue weighted by Gasteiger charge is -2.30. The average Bonchev–Trinajstić information content (AvgIpc) is 2.44. The van der Waals surface area contributed by atoms with Crippen LogP contribution in [0.2, 0.25) is 0 Å². The van der Waals surface area contributed by atoms with Crippen LogP contribution < -0.4 is 5.32 Å². The summed E-state index contributed by atoms with van der Waals surface area (Å²) >= 11 is 0. The van der Waals surface area contributed by atoms with Gasteiger partial charge in [-0.25, -0.2) is 0 Å². The highest BCUT2D eigenvalue weighted by atomic mass is 16.5. The Kier molecular flexibility index (Phi) is 6.73. The summed E-state index contributed by atoms with van der Waals surface area (Å²) < 4.78 is 5.10. The fraction of sp³-hybridized carbons (Fsp3) is 0.588. The van der Waals surface area contributed by atoms with Crippen molar-refractivity contribution in [1.29, 1.82) is 0 Å². The summed E-state index contributed by atoms with van der Waals surface area (Å²) in [4.78, 5) is 11.8. The third kappa shape index (κ3) is 5.74. The zero-order valence-corrected chi connectivity index (χ0v) is 13.1. The van der Waals surface area contributed by atoms with E-state index < -0.39 is 0 Å². The molecule has 20 heavy (non-hydrogen) atoms. The molecule has 0 radical (unpaired) electrons. The van der Waals surface area contributed by atoms with E-state index in [9.17, 15) is 4.79 Å². The van der Waals surface area contributed by atoms with Gasteiger partial charge in [0.25, 0.3) is 0 Å². The molecule has 0 amide bonds. The molecule has 0 aromatic heterocycles. The molecule has 1 atom stereocenters. The Hall–Kier alpha value is -1.35. The van der Waals surface area contributed by atoms with Crippen molar-refractivity contribution in [2.45, 2.75) is 58.5 Å². The highest BCUT2D eigenvalue weighted by Crippen LogP contribution is 2.15. The molecule has 0 aliphatic carbocycles. The number of carbonyl (C=O) groups excluding carboxylic acids is 1. The maximum absolute atomic E-state index is 11.8. The first-order valence-corrected chi connectivity index (χ1v) is 7.46. The summed E-state index contributed by atoms with van der Waals surface area (Å²) in [5.74, 6) is -0.150. The van der Waals surface area contributed by atoms with E-state index in [2.05, 4.69) is 43.4 Å². The predicted octanol–water partition coefficient (Wildman–Crippen LogP) is 3.33. The molecular formula is C17H27NO2. The van der Waals surface area contributed by atoms with Crippen LogP contribution >= 0.6 is 0 Å². The smallest absolute Gasteiger partial charge is 0.323 e. The van der Waals surface area contributed by atoms with Crippen molar-refractivity contribution in [3.8, 4) is 0 Å². The molecule has 1 aromatic carbocycles. The molecule has 0 heterocycles. The number of ether oxygens (including phenoxy) is 1. The summed E-state index contributed by atoms with van der Waals surface area (Å²) in [6.07, 6.45) is 2.72. The minimum atomic E-state index is -0.222. The molecule has 0 aliphatic rings. The number of aryl methyl sites for hydroxylation is 1. The van der Waals surface area contributed by atoms with Gasteiger partial charge in [0.1, 0.15) is 6.04 Å². The van der Waals surface area contributed by atoms with E-state index in [1.807, 2.05) is 19.9 Å². The highest BCUT2D eigenvalue weighted by Gasteiger charge is 2.26. The standard InChI is InChI=1S/C17H27NO2/c1-5-15(16(19)20-6-2)18-17(3,4)13-12-14-10-8-7-9-11-14/h7-11,15,18H,5-6,12-13H2,1-4H3. The van der Waals surface area contributed by atoms with Crippen LogP contribution in [0.25, 0.3) is 0 Å². The third-order valence-electron chi connectivity index (χ3n) is 3.43. The Morgan fingerprint density at radius 3 is 2.45 bits per heavy atom. The van der Waals surface area contributed by atoms with E-state index in [1.165, 1.54) is 5.56 Å². The van der Waals surface area contributed by atoms with Crippen LogP contribution in [0.15, 0.2) is 30.3 Å². The molecule has 112 valence electrons. The van der Waals surface area contributed by atoms with Crippen LogP contribution in [-0.2, 0) is 16.0 Å². The van der Waals surface area contributed by atoms with Gasteiger partial charge in [-0.15, -0.1) is 0 Å². The lowest BCUT2D eigenvalue weighted by atomic mass is 9.94. The van der Waals surface area contributed by atoms with Crippen LogP contribution in [0.4, 0.5) is 0 Å². The third-order valence-corrected chi connectivity index (χ3v) is 3.43. The van der Waals surface area contributed by atoms with Gasteiger partial charge in [0.2, 0.25) is 0 Å². The van der Waals surface area contributed by atoms with E-state index in [1.54, 1.807) is 0 Å². The summed E-state index contributed by atoms with van der Waals surface area (Å²) in [6, 6.07) is 10.2. The first kappa shape index (κ1) is 16.7. The summed E-state index contributed by atoms with van der Waals surface area (Å²) in [7, 11) is 0. The van der Waals surface area contributed by atoms with Crippen LogP contribution in [0, 0.1) is 0 Å². The number of hydrogen-bond acceptors (Lipinski definition) is 3. The van der Waals surface area contributed by atoms with Gasteiger partial charge in [-0.2, -0.15) is 0 Å². The number of rotatable bonds is 8. The van der Waals surface area contributed by atoms with Gasteiger partial charge in [0.15, 0.2) is 0 Å². The van der Waals surface area contributed by atoms with E-state index >= 15 is 0 Å². The van der Waals surface area contributed by atoms with Gasteiger partial charge in [0, 0.05) is 5.54 Å². The number of benzene rings is 1. The van der Waals surface area contributed by atoms with Crippen LogP contribution in [0.5, 0.6) is 0 Å². The van der Waals surface area contributed by atoms with Gasteiger partial charge < -0.3 is 4.74 Å². The molecule has 0 spiro atoms. The van der Waals surface area contributed by atoms with E-state index in [4.69, 9.17) is 4.74 Å². The lowest BCUT2D eigenvalue weighted by molar-refractivity contribution is -0.146. The molecule has 0 fully saturated rings. The van der Waals surface area contributed by atoms with Gasteiger partial charge >= 0.3 is 5.97 Å². The Bertz CT molecular complexity index is 401. The first-order valence-electron chi connectivity index (χ1n) is 7.46. The van der Waals surface area contributed by atoms with Crippen LogP contribution in [0.1, 0.15) is 46.1 Å². The van der Waals surface area contributed by atoms with Crippen molar-refractivity contribution in [1.82, 2.24) is 5.32 Å². The second-order valence-corrected chi connectivity index (χ2v) is 5.73. The van der Waals surface area contributed by atoms with Crippen molar-refractivity contribution in [3.05, 3.63) is 35.9 Å². The molecule has 0 saturated heterocycles.